The number of hydrogen-bond donors (Lipinski definition) is 0. The number of nitrogens with zero attached hydrogens (tertiary/aromatic N) is 3. The van der Waals surface area contributed by atoms with Crippen LogP contribution in [0.2, 0.25) is 0 Å². The highest BCUT2D eigenvalue weighted by atomic mass is 79.9. The number of carbonyl (C=O) groups excluding carboxylic acids is 1. The van der Waals surface area contributed by atoms with Gasteiger partial charge in [-0.25, -0.2) is 14.8 Å². The standard InChI is InChI=1S/C22H16Br3N3O4/c1-28-17-9-12(32-21-15(24)10-14(23)20(25)27-21)7-8-16(17)26-19(28)11-31-18-6-4-3-5-13(18)22(29)30-2/h3-10H,11H2,1-2H3. The fraction of sp³-hybridized carbons (Fsp3) is 0.136. The van der Waals surface area contributed by atoms with Crippen molar-refractivity contribution in [1.82, 2.24) is 14.5 Å². The van der Waals surface area contributed by atoms with E-state index >= 15 is 0 Å². The molecule has 0 unspecified atom stereocenters. The van der Waals surface area contributed by atoms with E-state index < -0.39 is 5.97 Å². The fourth-order valence-corrected chi connectivity index (χ4v) is 4.34. The Labute approximate surface area is 209 Å². The van der Waals surface area contributed by atoms with Gasteiger partial charge in [0.2, 0.25) is 5.88 Å². The summed E-state index contributed by atoms with van der Waals surface area (Å²) in [7, 11) is 3.24. The Morgan fingerprint density at radius 1 is 1.03 bits per heavy atom. The van der Waals surface area contributed by atoms with E-state index in [1.807, 2.05) is 35.9 Å². The number of aromatic nitrogens is 3. The quantitative estimate of drug-likeness (QED) is 0.182. The summed E-state index contributed by atoms with van der Waals surface area (Å²) in [6.45, 7) is 0.183. The second-order valence-electron chi connectivity index (χ2n) is 6.66. The number of aryl methyl sites for hydroxylation is 1. The Bertz CT molecular complexity index is 1320. The lowest BCUT2D eigenvalue weighted by Crippen LogP contribution is -2.08. The minimum Gasteiger partial charge on any atom is -0.485 e. The van der Waals surface area contributed by atoms with Crippen LogP contribution in [0.5, 0.6) is 17.4 Å². The molecule has 10 heteroatoms. The molecule has 0 N–H and O–H groups in total. The van der Waals surface area contributed by atoms with Gasteiger partial charge in [-0.15, -0.1) is 0 Å². The number of pyridine rings is 1. The maximum atomic E-state index is 12.0. The molecule has 4 rings (SSSR count). The number of carbonyl (C=O) groups is 1. The third kappa shape index (κ3) is 4.67. The third-order valence-electron chi connectivity index (χ3n) is 4.66. The number of benzene rings is 2. The minimum absolute atomic E-state index is 0.183. The van der Waals surface area contributed by atoms with Gasteiger partial charge in [0.1, 0.15) is 34.1 Å². The number of para-hydroxylation sites is 1. The van der Waals surface area contributed by atoms with Crippen LogP contribution in [0.25, 0.3) is 11.0 Å². The van der Waals surface area contributed by atoms with Crippen LogP contribution in [0, 0.1) is 0 Å². The summed E-state index contributed by atoms with van der Waals surface area (Å²) in [6, 6.07) is 14.4. The summed E-state index contributed by atoms with van der Waals surface area (Å²) in [5.41, 5.74) is 2.03. The molecule has 0 spiro atoms. The molecular formula is C22H16Br3N3O4. The number of halogens is 3. The summed E-state index contributed by atoms with van der Waals surface area (Å²) in [4.78, 5) is 21.0. The van der Waals surface area contributed by atoms with Gasteiger partial charge in [-0.2, -0.15) is 0 Å². The molecular weight excluding hydrogens is 610 g/mol. The van der Waals surface area contributed by atoms with Crippen molar-refractivity contribution in [2.75, 3.05) is 7.11 Å². The molecule has 4 aromatic rings. The number of imidazole rings is 1. The molecule has 32 heavy (non-hydrogen) atoms. The smallest absolute Gasteiger partial charge is 0.341 e. The lowest BCUT2D eigenvalue weighted by Gasteiger charge is -2.10. The molecule has 0 saturated heterocycles. The van der Waals surface area contributed by atoms with Crippen LogP contribution in [0.1, 0.15) is 16.2 Å². The summed E-state index contributed by atoms with van der Waals surface area (Å²) >= 11 is 10.3. The average Bonchev–Trinajstić information content (AvgIpc) is 3.10. The topological polar surface area (TPSA) is 75.5 Å². The van der Waals surface area contributed by atoms with E-state index in [1.165, 1.54) is 7.11 Å². The highest BCUT2D eigenvalue weighted by Crippen LogP contribution is 2.34. The maximum absolute atomic E-state index is 12.0. The zero-order valence-corrected chi connectivity index (χ0v) is 21.7. The third-order valence-corrected chi connectivity index (χ3v) is 6.97. The summed E-state index contributed by atoms with van der Waals surface area (Å²) in [5, 5.41) is 0. The highest BCUT2D eigenvalue weighted by Gasteiger charge is 2.15. The first kappa shape index (κ1) is 22.8. The lowest BCUT2D eigenvalue weighted by atomic mass is 10.2. The van der Waals surface area contributed by atoms with Gasteiger partial charge < -0.3 is 18.8 Å². The Balaban J connectivity index is 1.58. The molecule has 2 heterocycles. The summed E-state index contributed by atoms with van der Waals surface area (Å²) < 4.78 is 20.8. The van der Waals surface area contributed by atoms with Crippen molar-refractivity contribution in [1.29, 1.82) is 0 Å². The van der Waals surface area contributed by atoms with Gasteiger partial charge in [0.05, 0.1) is 27.1 Å². The Morgan fingerprint density at radius 3 is 2.59 bits per heavy atom. The van der Waals surface area contributed by atoms with Crippen LogP contribution in [-0.4, -0.2) is 27.6 Å². The molecule has 0 saturated carbocycles. The van der Waals surface area contributed by atoms with E-state index in [0.717, 1.165) is 20.0 Å². The van der Waals surface area contributed by atoms with Crippen molar-refractivity contribution >= 4 is 64.8 Å². The van der Waals surface area contributed by atoms with Crippen molar-refractivity contribution in [3.05, 3.63) is 73.5 Å². The van der Waals surface area contributed by atoms with Gasteiger partial charge in [0, 0.05) is 13.1 Å². The first-order chi connectivity index (χ1) is 15.4. The largest absolute Gasteiger partial charge is 0.485 e. The minimum atomic E-state index is -0.452. The van der Waals surface area contributed by atoms with Crippen LogP contribution >= 0.6 is 47.8 Å². The van der Waals surface area contributed by atoms with Crippen LogP contribution in [0.15, 0.2) is 62.1 Å². The number of esters is 1. The van der Waals surface area contributed by atoms with E-state index in [2.05, 4.69) is 57.8 Å². The predicted molar refractivity (Wildman–Crippen MR) is 130 cm³/mol. The van der Waals surface area contributed by atoms with Gasteiger partial charge in [-0.1, -0.05) is 12.1 Å². The van der Waals surface area contributed by atoms with E-state index in [4.69, 9.17) is 14.2 Å². The molecule has 2 aromatic carbocycles. The van der Waals surface area contributed by atoms with Crippen molar-refractivity contribution in [3.63, 3.8) is 0 Å². The number of ether oxygens (including phenoxy) is 3. The van der Waals surface area contributed by atoms with Crippen LogP contribution in [0.4, 0.5) is 0 Å². The molecule has 0 bridgehead atoms. The number of fused-ring (bicyclic) bond motifs is 1. The fourth-order valence-electron chi connectivity index (χ4n) is 3.04. The normalized spacial score (nSPS) is 10.9. The molecule has 7 nitrogen and oxygen atoms in total. The first-order valence-electron chi connectivity index (χ1n) is 9.32. The molecule has 0 aliphatic heterocycles. The number of methoxy groups -OCH3 is 1. The lowest BCUT2D eigenvalue weighted by molar-refractivity contribution is 0.0595. The van der Waals surface area contributed by atoms with Crippen molar-refractivity contribution in [3.8, 4) is 17.4 Å². The van der Waals surface area contributed by atoms with E-state index in [0.29, 0.717) is 33.4 Å². The highest BCUT2D eigenvalue weighted by molar-refractivity contribution is 9.13. The average molecular weight is 626 g/mol. The van der Waals surface area contributed by atoms with Gasteiger partial charge in [-0.05, 0) is 78.1 Å². The Morgan fingerprint density at radius 2 is 1.81 bits per heavy atom. The first-order valence-corrected chi connectivity index (χ1v) is 11.7. The van der Waals surface area contributed by atoms with E-state index in [-0.39, 0.29) is 6.61 Å². The molecule has 0 atom stereocenters. The second kappa shape index (κ2) is 9.60. The Hall–Kier alpha value is -2.43. The molecule has 0 aliphatic rings. The number of rotatable bonds is 6. The van der Waals surface area contributed by atoms with Crippen molar-refractivity contribution in [2.45, 2.75) is 6.61 Å². The SMILES string of the molecule is COC(=O)c1ccccc1OCc1nc2ccc(Oc3nc(Br)c(Br)cc3Br)cc2n1C. The zero-order valence-electron chi connectivity index (χ0n) is 16.9. The maximum Gasteiger partial charge on any atom is 0.341 e. The Kier molecular flexibility index (Phi) is 6.82. The van der Waals surface area contributed by atoms with E-state index in [1.54, 1.807) is 24.3 Å². The monoisotopic (exact) mass is 623 g/mol. The van der Waals surface area contributed by atoms with Crippen LogP contribution < -0.4 is 9.47 Å². The molecule has 0 radical (unpaired) electrons. The van der Waals surface area contributed by atoms with E-state index in [9.17, 15) is 4.79 Å². The predicted octanol–water partition coefficient (Wildman–Crippen LogP) is 6.41. The van der Waals surface area contributed by atoms with Gasteiger partial charge in [-0.3, -0.25) is 0 Å². The molecule has 0 fully saturated rings. The van der Waals surface area contributed by atoms with Gasteiger partial charge in [0.25, 0.3) is 0 Å². The molecule has 0 aliphatic carbocycles. The van der Waals surface area contributed by atoms with Crippen LogP contribution in [0.3, 0.4) is 0 Å². The summed E-state index contributed by atoms with van der Waals surface area (Å²) in [5.74, 6) is 1.73. The van der Waals surface area contributed by atoms with Crippen molar-refractivity contribution < 1.29 is 19.0 Å². The molecule has 2 aromatic heterocycles. The number of hydrogen-bond acceptors (Lipinski definition) is 6. The zero-order chi connectivity index (χ0) is 22.8. The molecule has 0 amide bonds. The van der Waals surface area contributed by atoms with Crippen LogP contribution in [-0.2, 0) is 18.4 Å². The second-order valence-corrected chi connectivity index (χ2v) is 9.12. The van der Waals surface area contributed by atoms with Gasteiger partial charge in [0.15, 0.2) is 0 Å². The summed E-state index contributed by atoms with van der Waals surface area (Å²) in [6.07, 6.45) is 0. The molecule has 164 valence electrons. The van der Waals surface area contributed by atoms with Gasteiger partial charge >= 0.3 is 5.97 Å². The van der Waals surface area contributed by atoms with Crippen molar-refractivity contribution in [2.24, 2.45) is 7.05 Å².